The first-order chi connectivity index (χ1) is 9.04. The first-order valence-electron chi connectivity index (χ1n) is 6.29. The van der Waals surface area contributed by atoms with Crippen LogP contribution < -0.4 is 5.32 Å². The molecule has 1 aromatic carbocycles. The van der Waals surface area contributed by atoms with Crippen molar-refractivity contribution in [2.45, 2.75) is 19.3 Å². The zero-order valence-corrected chi connectivity index (χ0v) is 10.1. The van der Waals surface area contributed by atoms with E-state index in [9.17, 15) is 19.3 Å². The lowest BCUT2D eigenvalue weighted by molar-refractivity contribution is -0.384. The van der Waals surface area contributed by atoms with E-state index in [0.717, 1.165) is 25.0 Å². The van der Waals surface area contributed by atoms with Crippen molar-refractivity contribution in [1.29, 1.82) is 0 Å². The summed E-state index contributed by atoms with van der Waals surface area (Å²) in [5.41, 5.74) is -0.339. The molecule has 0 radical (unpaired) electrons. The molecule has 2 unspecified atom stereocenters. The van der Waals surface area contributed by atoms with Crippen LogP contribution in [0.25, 0.3) is 0 Å². The van der Waals surface area contributed by atoms with Crippen molar-refractivity contribution in [3.8, 4) is 0 Å². The molecule has 2 aliphatic rings. The van der Waals surface area contributed by atoms with Gasteiger partial charge in [0, 0.05) is 5.92 Å². The molecule has 0 heterocycles. The highest BCUT2D eigenvalue weighted by molar-refractivity contribution is 5.94. The second-order valence-electron chi connectivity index (χ2n) is 5.33. The Morgan fingerprint density at radius 1 is 1.32 bits per heavy atom. The number of nitro groups is 1. The van der Waals surface area contributed by atoms with Gasteiger partial charge in [-0.25, -0.2) is 4.39 Å². The first-order valence-corrected chi connectivity index (χ1v) is 6.29. The maximum atomic E-state index is 13.0. The Morgan fingerprint density at radius 2 is 2.00 bits per heavy atom. The highest BCUT2D eigenvalue weighted by Crippen LogP contribution is 2.54. The average Bonchev–Trinajstić information content (AvgIpc) is 2.98. The number of benzene rings is 1. The Hall–Kier alpha value is -1.98. The molecule has 0 spiro atoms. The van der Waals surface area contributed by atoms with Crippen molar-refractivity contribution < 1.29 is 14.1 Å². The number of carbonyl (C=O) groups excluding carboxylic acids is 1. The maximum absolute atomic E-state index is 13.0. The summed E-state index contributed by atoms with van der Waals surface area (Å²) in [5.74, 6) is 0.389. The lowest BCUT2D eigenvalue weighted by Crippen LogP contribution is -2.22. The minimum absolute atomic E-state index is 0.0617. The van der Waals surface area contributed by atoms with E-state index in [1.165, 1.54) is 12.5 Å². The Balaban J connectivity index is 1.75. The molecule has 0 bridgehead atoms. The molecule has 2 saturated carbocycles. The maximum Gasteiger partial charge on any atom is 0.295 e. The van der Waals surface area contributed by atoms with E-state index in [-0.39, 0.29) is 17.5 Å². The van der Waals surface area contributed by atoms with Gasteiger partial charge in [-0.1, -0.05) is 0 Å². The number of hydrogen-bond donors (Lipinski definition) is 1. The van der Waals surface area contributed by atoms with Crippen LogP contribution in [0.2, 0.25) is 0 Å². The van der Waals surface area contributed by atoms with Crippen molar-refractivity contribution in [2.24, 2.45) is 17.8 Å². The normalized spacial score (nSPS) is 27.7. The number of nitrogens with zero attached hydrogens (tertiary/aromatic N) is 1. The van der Waals surface area contributed by atoms with Gasteiger partial charge < -0.3 is 5.32 Å². The van der Waals surface area contributed by atoms with Gasteiger partial charge in [-0.2, -0.15) is 0 Å². The molecule has 1 aromatic rings. The fourth-order valence-electron chi connectivity index (χ4n) is 2.93. The van der Waals surface area contributed by atoms with Crippen LogP contribution in [-0.2, 0) is 4.79 Å². The molecular weight excluding hydrogens is 251 g/mol. The number of rotatable bonds is 3. The van der Waals surface area contributed by atoms with E-state index in [4.69, 9.17) is 0 Å². The van der Waals surface area contributed by atoms with E-state index < -0.39 is 16.4 Å². The first kappa shape index (κ1) is 12.1. The molecule has 0 saturated heterocycles. The van der Waals surface area contributed by atoms with Crippen molar-refractivity contribution in [3.05, 3.63) is 34.1 Å². The number of hydrogen-bond acceptors (Lipinski definition) is 3. The predicted molar refractivity (Wildman–Crippen MR) is 66.0 cm³/mol. The summed E-state index contributed by atoms with van der Waals surface area (Å²) in [5, 5.41) is 13.4. The third kappa shape index (κ3) is 2.30. The molecule has 0 aromatic heterocycles. The van der Waals surface area contributed by atoms with E-state index in [0.29, 0.717) is 11.8 Å². The second kappa shape index (κ2) is 4.29. The highest BCUT2D eigenvalue weighted by atomic mass is 19.1. The van der Waals surface area contributed by atoms with Crippen molar-refractivity contribution in [3.63, 3.8) is 0 Å². The fourth-order valence-corrected chi connectivity index (χ4v) is 2.93. The smallest absolute Gasteiger partial charge is 0.295 e. The van der Waals surface area contributed by atoms with Crippen LogP contribution in [0, 0.1) is 33.7 Å². The summed E-state index contributed by atoms with van der Waals surface area (Å²) in [7, 11) is 0. The number of anilines is 1. The van der Waals surface area contributed by atoms with Gasteiger partial charge in [0.1, 0.15) is 11.5 Å². The second-order valence-corrected chi connectivity index (χ2v) is 5.33. The molecular formula is C13H13FN2O3. The third-order valence-corrected chi connectivity index (χ3v) is 4.03. The quantitative estimate of drug-likeness (QED) is 0.674. The molecule has 6 heteroatoms. The predicted octanol–water partition coefficient (Wildman–Crippen LogP) is 2.72. The van der Waals surface area contributed by atoms with E-state index in [1.54, 1.807) is 0 Å². The van der Waals surface area contributed by atoms with Gasteiger partial charge in [0.05, 0.1) is 11.0 Å². The van der Waals surface area contributed by atoms with Gasteiger partial charge in [-0.15, -0.1) is 0 Å². The number of nitrogens with one attached hydrogen (secondary N) is 1. The van der Waals surface area contributed by atoms with Crippen molar-refractivity contribution in [2.75, 3.05) is 5.32 Å². The Morgan fingerprint density at radius 3 is 2.63 bits per heavy atom. The Labute approximate surface area is 109 Å². The van der Waals surface area contributed by atoms with Crippen LogP contribution in [-0.4, -0.2) is 10.8 Å². The number of amides is 1. The Bertz CT molecular complexity index is 551. The average molecular weight is 264 g/mol. The lowest BCUT2D eigenvalue weighted by atomic mass is 10.0. The van der Waals surface area contributed by atoms with Crippen LogP contribution in [0.5, 0.6) is 0 Å². The summed E-state index contributed by atoms with van der Waals surface area (Å²) in [4.78, 5) is 22.1. The zero-order valence-electron chi connectivity index (χ0n) is 10.1. The highest BCUT2D eigenvalue weighted by Gasteiger charge is 2.48. The molecule has 3 rings (SSSR count). The largest absolute Gasteiger partial charge is 0.320 e. The zero-order chi connectivity index (χ0) is 13.6. The Kier molecular flexibility index (Phi) is 2.73. The van der Waals surface area contributed by atoms with Gasteiger partial charge >= 0.3 is 0 Å². The third-order valence-electron chi connectivity index (χ3n) is 4.03. The standard InChI is InChI=1S/C13H13FN2O3/c14-10-1-2-11(12(6-10)16(18)19)15-13(17)9-4-7-3-8(7)5-9/h1-2,6-9H,3-5H2,(H,15,17). The molecule has 100 valence electrons. The summed E-state index contributed by atoms with van der Waals surface area (Å²) in [6.07, 6.45) is 2.94. The number of fused-ring (bicyclic) bond motifs is 1. The molecule has 2 atom stereocenters. The molecule has 5 nitrogen and oxygen atoms in total. The molecule has 0 aliphatic heterocycles. The summed E-state index contributed by atoms with van der Waals surface area (Å²) < 4.78 is 13.0. The number of halogens is 1. The number of nitro benzene ring substituents is 1. The van der Waals surface area contributed by atoms with E-state index >= 15 is 0 Å². The molecule has 1 amide bonds. The van der Waals surface area contributed by atoms with Crippen LogP contribution >= 0.6 is 0 Å². The van der Waals surface area contributed by atoms with Crippen molar-refractivity contribution in [1.82, 2.24) is 0 Å². The molecule has 1 N–H and O–H groups in total. The monoisotopic (exact) mass is 264 g/mol. The van der Waals surface area contributed by atoms with Gasteiger partial charge in [-0.05, 0) is 43.2 Å². The van der Waals surface area contributed by atoms with Crippen LogP contribution in [0.15, 0.2) is 18.2 Å². The van der Waals surface area contributed by atoms with Crippen LogP contribution in [0.3, 0.4) is 0 Å². The van der Waals surface area contributed by atoms with Gasteiger partial charge in [-0.3, -0.25) is 14.9 Å². The number of carbonyl (C=O) groups is 1. The summed E-state index contributed by atoms with van der Waals surface area (Å²) >= 11 is 0. The topological polar surface area (TPSA) is 72.2 Å². The van der Waals surface area contributed by atoms with Gasteiger partial charge in [0.2, 0.25) is 5.91 Å². The van der Waals surface area contributed by atoms with Crippen molar-refractivity contribution >= 4 is 17.3 Å². The fraction of sp³-hybridized carbons (Fsp3) is 0.462. The summed E-state index contributed by atoms with van der Waals surface area (Å²) in [6.45, 7) is 0. The summed E-state index contributed by atoms with van der Waals surface area (Å²) in [6, 6.07) is 3.16. The van der Waals surface area contributed by atoms with Crippen LogP contribution in [0.4, 0.5) is 15.8 Å². The minimum atomic E-state index is -0.690. The van der Waals surface area contributed by atoms with E-state index in [1.807, 2.05) is 0 Å². The minimum Gasteiger partial charge on any atom is -0.320 e. The molecule has 2 fully saturated rings. The van der Waals surface area contributed by atoms with E-state index in [2.05, 4.69) is 5.32 Å². The van der Waals surface area contributed by atoms with Gasteiger partial charge in [0.15, 0.2) is 0 Å². The van der Waals surface area contributed by atoms with Gasteiger partial charge in [0.25, 0.3) is 5.69 Å². The molecule has 19 heavy (non-hydrogen) atoms. The molecule has 2 aliphatic carbocycles. The van der Waals surface area contributed by atoms with Crippen LogP contribution in [0.1, 0.15) is 19.3 Å². The lowest BCUT2D eigenvalue weighted by Gasteiger charge is -2.12. The SMILES string of the molecule is O=C(Nc1ccc(F)cc1[N+](=O)[O-])C1CC2CC2C1.